The van der Waals surface area contributed by atoms with Crippen molar-refractivity contribution in [2.45, 2.75) is 25.8 Å². The van der Waals surface area contributed by atoms with Crippen molar-refractivity contribution in [1.82, 2.24) is 15.2 Å². The zero-order valence-corrected chi connectivity index (χ0v) is 13.5. The van der Waals surface area contributed by atoms with Crippen LogP contribution in [0.5, 0.6) is 0 Å². The van der Waals surface area contributed by atoms with Crippen LogP contribution in [0.25, 0.3) is 0 Å². The van der Waals surface area contributed by atoms with Gasteiger partial charge in [-0.25, -0.2) is 0 Å². The summed E-state index contributed by atoms with van der Waals surface area (Å²) in [5.74, 6) is 5.67. The fraction of sp³-hybridized carbons (Fsp3) is 0.417. The lowest BCUT2D eigenvalue weighted by Crippen LogP contribution is -2.29. The van der Waals surface area contributed by atoms with Crippen LogP contribution in [0.1, 0.15) is 29.9 Å². The molecule has 98 valence electrons. The SMILES string of the molecule is CCc1cc(CC(NN)c2csc(I)c2)n(C)n1. The summed E-state index contributed by atoms with van der Waals surface area (Å²) < 4.78 is 3.22. The molecule has 4 nitrogen and oxygen atoms in total. The Morgan fingerprint density at radius 2 is 2.33 bits per heavy atom. The summed E-state index contributed by atoms with van der Waals surface area (Å²) in [4.78, 5) is 0. The molecule has 3 N–H and O–H groups in total. The van der Waals surface area contributed by atoms with Crippen LogP contribution in [0.4, 0.5) is 0 Å². The Bertz CT molecular complexity index is 520. The lowest BCUT2D eigenvalue weighted by molar-refractivity contribution is 0.531. The number of aromatic nitrogens is 2. The van der Waals surface area contributed by atoms with Gasteiger partial charge in [-0.05, 0) is 52.1 Å². The van der Waals surface area contributed by atoms with Crippen molar-refractivity contribution >= 4 is 33.9 Å². The van der Waals surface area contributed by atoms with Crippen molar-refractivity contribution in [2.24, 2.45) is 12.9 Å². The van der Waals surface area contributed by atoms with E-state index >= 15 is 0 Å². The maximum Gasteiger partial charge on any atom is 0.0656 e. The van der Waals surface area contributed by atoms with Crippen LogP contribution < -0.4 is 11.3 Å². The predicted octanol–water partition coefficient (Wildman–Crippen LogP) is 2.40. The molecule has 2 heterocycles. The number of hydrazine groups is 1. The van der Waals surface area contributed by atoms with Gasteiger partial charge in [0, 0.05) is 19.2 Å². The Morgan fingerprint density at radius 3 is 2.83 bits per heavy atom. The highest BCUT2D eigenvalue weighted by Gasteiger charge is 2.15. The maximum absolute atomic E-state index is 5.67. The van der Waals surface area contributed by atoms with Crippen molar-refractivity contribution in [3.8, 4) is 0 Å². The van der Waals surface area contributed by atoms with Gasteiger partial charge in [0.05, 0.1) is 14.6 Å². The minimum atomic E-state index is 0.143. The van der Waals surface area contributed by atoms with Gasteiger partial charge in [0.15, 0.2) is 0 Å². The molecule has 0 aromatic carbocycles. The topological polar surface area (TPSA) is 55.9 Å². The molecule has 0 saturated heterocycles. The fourth-order valence-electron chi connectivity index (χ4n) is 1.92. The molecule has 0 bridgehead atoms. The molecule has 0 aliphatic heterocycles. The summed E-state index contributed by atoms with van der Waals surface area (Å²) in [6, 6.07) is 4.47. The smallest absolute Gasteiger partial charge is 0.0656 e. The van der Waals surface area contributed by atoms with Crippen molar-refractivity contribution < 1.29 is 0 Å². The standard InChI is InChI=1S/C12H17IN4S/c1-3-9-5-10(17(2)16-9)6-11(15-14)8-4-12(13)18-7-8/h4-5,7,11,15H,3,6,14H2,1-2H3. The molecular formula is C12H17IN4S. The normalized spacial score (nSPS) is 12.9. The second-order valence-electron chi connectivity index (χ2n) is 4.21. The summed E-state index contributed by atoms with van der Waals surface area (Å²) in [6.45, 7) is 2.12. The Labute approximate surface area is 125 Å². The Kier molecular flexibility index (Phi) is 4.77. The number of nitrogens with one attached hydrogen (secondary N) is 1. The van der Waals surface area contributed by atoms with Crippen molar-refractivity contribution in [1.29, 1.82) is 0 Å². The van der Waals surface area contributed by atoms with Crippen LogP contribution >= 0.6 is 33.9 Å². The molecule has 0 radical (unpaired) electrons. The van der Waals surface area contributed by atoms with Crippen LogP contribution in [0.15, 0.2) is 17.5 Å². The number of halogens is 1. The first-order chi connectivity index (χ1) is 8.63. The minimum absolute atomic E-state index is 0.143. The summed E-state index contributed by atoms with van der Waals surface area (Å²) >= 11 is 4.07. The molecule has 0 fully saturated rings. The monoisotopic (exact) mass is 376 g/mol. The van der Waals surface area contributed by atoms with Gasteiger partial charge in [-0.1, -0.05) is 6.92 Å². The fourth-order valence-corrected chi connectivity index (χ4v) is 3.35. The van der Waals surface area contributed by atoms with Crippen molar-refractivity contribution in [2.75, 3.05) is 0 Å². The number of hydrogen-bond acceptors (Lipinski definition) is 4. The zero-order chi connectivity index (χ0) is 13.1. The molecular weight excluding hydrogens is 359 g/mol. The quantitative estimate of drug-likeness (QED) is 0.479. The molecule has 1 atom stereocenters. The molecule has 0 saturated carbocycles. The van der Waals surface area contributed by atoms with Gasteiger partial charge in [-0.3, -0.25) is 16.0 Å². The number of nitrogens with two attached hydrogens (primary N) is 1. The predicted molar refractivity (Wildman–Crippen MR) is 83.4 cm³/mol. The highest BCUT2D eigenvalue weighted by Crippen LogP contribution is 2.24. The van der Waals surface area contributed by atoms with Gasteiger partial charge in [0.25, 0.3) is 0 Å². The van der Waals surface area contributed by atoms with Gasteiger partial charge >= 0.3 is 0 Å². The van der Waals surface area contributed by atoms with E-state index in [9.17, 15) is 0 Å². The number of thiophene rings is 1. The minimum Gasteiger partial charge on any atom is -0.272 e. The highest BCUT2D eigenvalue weighted by molar-refractivity contribution is 14.1. The number of nitrogens with zero attached hydrogens (tertiary/aromatic N) is 2. The van der Waals surface area contributed by atoms with E-state index in [1.807, 2.05) is 11.7 Å². The molecule has 2 aromatic heterocycles. The van der Waals surface area contributed by atoms with Gasteiger partial charge in [-0.15, -0.1) is 11.3 Å². The summed E-state index contributed by atoms with van der Waals surface area (Å²) in [5.41, 5.74) is 6.47. The average molecular weight is 376 g/mol. The van der Waals surface area contributed by atoms with Crippen LogP contribution in [0.3, 0.4) is 0 Å². The maximum atomic E-state index is 5.67. The molecule has 1 unspecified atom stereocenters. The van der Waals surface area contributed by atoms with E-state index in [0.717, 1.165) is 18.5 Å². The third-order valence-electron chi connectivity index (χ3n) is 2.99. The Morgan fingerprint density at radius 1 is 1.56 bits per heavy atom. The van der Waals surface area contributed by atoms with E-state index in [4.69, 9.17) is 5.84 Å². The van der Waals surface area contributed by atoms with E-state index < -0.39 is 0 Å². The number of rotatable bonds is 5. The van der Waals surface area contributed by atoms with Gasteiger partial charge < -0.3 is 0 Å². The third-order valence-corrected chi connectivity index (χ3v) is 4.80. The Balaban J connectivity index is 2.17. The first-order valence-electron chi connectivity index (χ1n) is 5.86. The number of hydrogen-bond donors (Lipinski definition) is 2. The average Bonchev–Trinajstić information content (AvgIpc) is 2.93. The van der Waals surface area contributed by atoms with Crippen LogP contribution in [0.2, 0.25) is 0 Å². The van der Waals surface area contributed by atoms with E-state index in [1.54, 1.807) is 11.3 Å². The van der Waals surface area contributed by atoms with Gasteiger partial charge in [-0.2, -0.15) is 5.10 Å². The van der Waals surface area contributed by atoms with Crippen molar-refractivity contribution in [3.05, 3.63) is 37.3 Å². The summed E-state index contributed by atoms with van der Waals surface area (Å²) in [7, 11) is 1.99. The molecule has 0 aliphatic carbocycles. The zero-order valence-electron chi connectivity index (χ0n) is 10.5. The first-order valence-corrected chi connectivity index (χ1v) is 7.81. The molecule has 0 aliphatic rings. The van der Waals surface area contributed by atoms with E-state index in [2.05, 4.69) is 57.6 Å². The van der Waals surface area contributed by atoms with E-state index in [1.165, 1.54) is 14.1 Å². The second-order valence-corrected chi connectivity index (χ2v) is 7.02. The molecule has 0 spiro atoms. The van der Waals surface area contributed by atoms with E-state index in [-0.39, 0.29) is 6.04 Å². The van der Waals surface area contributed by atoms with Crippen LogP contribution in [-0.4, -0.2) is 9.78 Å². The summed E-state index contributed by atoms with van der Waals surface area (Å²) in [5, 5.41) is 6.62. The van der Waals surface area contributed by atoms with Crippen LogP contribution in [0, 0.1) is 2.88 Å². The first kappa shape index (κ1) is 14.0. The molecule has 6 heteroatoms. The highest BCUT2D eigenvalue weighted by atomic mass is 127. The van der Waals surface area contributed by atoms with Gasteiger partial charge in [0.1, 0.15) is 0 Å². The summed E-state index contributed by atoms with van der Waals surface area (Å²) in [6.07, 6.45) is 1.82. The molecule has 2 aromatic rings. The van der Waals surface area contributed by atoms with Gasteiger partial charge in [0.2, 0.25) is 0 Å². The van der Waals surface area contributed by atoms with Crippen LogP contribution in [-0.2, 0) is 19.9 Å². The second kappa shape index (κ2) is 6.14. The Hall–Kier alpha value is -0.440. The lowest BCUT2D eigenvalue weighted by Gasteiger charge is -2.14. The largest absolute Gasteiger partial charge is 0.272 e. The lowest BCUT2D eigenvalue weighted by atomic mass is 10.1. The van der Waals surface area contributed by atoms with E-state index in [0.29, 0.717) is 0 Å². The number of aryl methyl sites for hydroxylation is 2. The molecule has 2 rings (SSSR count). The third kappa shape index (κ3) is 3.11. The molecule has 0 amide bonds. The molecule has 18 heavy (non-hydrogen) atoms. The van der Waals surface area contributed by atoms with Crippen molar-refractivity contribution in [3.63, 3.8) is 0 Å².